The Hall–Kier alpha value is -3.32. The monoisotopic (exact) mass is 521 g/mol. The molecule has 0 spiro atoms. The summed E-state index contributed by atoms with van der Waals surface area (Å²) in [5.41, 5.74) is 3.72. The average molecular weight is 522 g/mol. The smallest absolute Gasteiger partial charge is 0.243 e. The molecule has 1 aliphatic rings. The van der Waals surface area contributed by atoms with Gasteiger partial charge < -0.3 is 14.4 Å². The van der Waals surface area contributed by atoms with Crippen molar-refractivity contribution in [3.05, 3.63) is 94.0 Å². The summed E-state index contributed by atoms with van der Waals surface area (Å²) < 4.78 is 13.2. The Morgan fingerprint density at radius 2 is 1.76 bits per heavy atom. The molecule has 0 saturated heterocycles. The van der Waals surface area contributed by atoms with Gasteiger partial charge in [-0.1, -0.05) is 46.3 Å². The average Bonchev–Trinajstić information content (AvgIpc) is 3.31. The zero-order valence-electron chi connectivity index (χ0n) is 19.6. The van der Waals surface area contributed by atoms with Crippen LogP contribution in [0.2, 0.25) is 0 Å². The van der Waals surface area contributed by atoms with Gasteiger partial charge in [-0.3, -0.25) is 4.79 Å². The molecule has 34 heavy (non-hydrogen) atoms. The van der Waals surface area contributed by atoms with Gasteiger partial charge in [0.05, 0.1) is 5.56 Å². The number of benzene rings is 3. The minimum Gasteiger partial charge on any atom is -0.488 e. The fourth-order valence-corrected chi connectivity index (χ4v) is 4.25. The van der Waals surface area contributed by atoms with Crippen LogP contribution in [0.3, 0.4) is 0 Å². The van der Waals surface area contributed by atoms with Crippen LogP contribution in [0.5, 0.6) is 5.75 Å². The second-order valence-electron chi connectivity index (χ2n) is 7.91. The van der Waals surface area contributed by atoms with Crippen molar-refractivity contribution in [2.45, 2.75) is 33.6 Å². The second-order valence-corrected chi connectivity index (χ2v) is 8.83. The van der Waals surface area contributed by atoms with E-state index in [1.54, 1.807) is 0 Å². The summed E-state index contributed by atoms with van der Waals surface area (Å²) in [6.07, 6.45) is -0.724. The van der Waals surface area contributed by atoms with E-state index in [9.17, 15) is 4.79 Å². The zero-order valence-corrected chi connectivity index (χ0v) is 21.2. The Labute approximate surface area is 208 Å². The largest absolute Gasteiger partial charge is 0.488 e. The summed E-state index contributed by atoms with van der Waals surface area (Å²) >= 11 is 3.53. The van der Waals surface area contributed by atoms with Crippen LogP contribution in [0.1, 0.15) is 43.7 Å². The number of carbonyl (C=O) groups excluding carboxylic acids is 1. The zero-order chi connectivity index (χ0) is 24.1. The lowest BCUT2D eigenvalue weighted by Crippen LogP contribution is -2.25. The van der Waals surface area contributed by atoms with Crippen molar-refractivity contribution in [3.63, 3.8) is 0 Å². The number of nitrogens with zero attached hydrogens (tertiary/aromatic N) is 3. The minimum atomic E-state index is -0.724. The predicted octanol–water partition coefficient (Wildman–Crippen LogP) is 6.11. The van der Waals surface area contributed by atoms with Gasteiger partial charge in [-0.2, -0.15) is 5.01 Å². The molecular weight excluding hydrogens is 494 g/mol. The Kier molecular flexibility index (Phi) is 7.53. The molecule has 0 radical (unpaired) electrons. The topological polar surface area (TPSA) is 54.4 Å². The molecule has 6 nitrogen and oxygen atoms in total. The standard InChI is InChI=1S/C27H28BrN3O3/c1-4-30(5-2)23-14-11-21(12-15-23)26-29-31(19(3)32)27(34-26)24-17-22(28)13-16-25(24)33-18-20-9-7-6-8-10-20/h6-17,27H,4-5,18H2,1-3H3/t27-/m1/s1. The third-order valence-electron chi connectivity index (χ3n) is 5.68. The number of hydrogen-bond acceptors (Lipinski definition) is 5. The van der Waals surface area contributed by atoms with E-state index >= 15 is 0 Å². The van der Waals surface area contributed by atoms with Crippen molar-refractivity contribution < 1.29 is 14.3 Å². The number of halogens is 1. The molecule has 1 aliphatic heterocycles. The predicted molar refractivity (Wildman–Crippen MR) is 138 cm³/mol. The fraction of sp³-hybridized carbons (Fsp3) is 0.259. The molecule has 1 amide bonds. The molecule has 3 aromatic rings. The Bertz CT molecular complexity index is 1160. The summed E-state index contributed by atoms with van der Waals surface area (Å²) in [7, 11) is 0. The van der Waals surface area contributed by atoms with Crippen LogP contribution >= 0.6 is 15.9 Å². The van der Waals surface area contributed by atoms with E-state index in [1.807, 2.05) is 72.8 Å². The first-order chi connectivity index (χ1) is 16.5. The molecule has 176 valence electrons. The normalized spacial score (nSPS) is 15.0. The van der Waals surface area contributed by atoms with E-state index in [4.69, 9.17) is 9.47 Å². The van der Waals surface area contributed by atoms with E-state index in [0.717, 1.165) is 39.9 Å². The Morgan fingerprint density at radius 1 is 1.06 bits per heavy atom. The lowest BCUT2D eigenvalue weighted by molar-refractivity contribution is -0.135. The van der Waals surface area contributed by atoms with Crippen molar-refractivity contribution >= 4 is 33.4 Å². The Balaban J connectivity index is 1.60. The van der Waals surface area contributed by atoms with E-state index in [1.165, 1.54) is 11.9 Å². The number of anilines is 1. The first kappa shape index (κ1) is 23.8. The van der Waals surface area contributed by atoms with Crippen LogP contribution in [-0.4, -0.2) is 29.9 Å². The van der Waals surface area contributed by atoms with E-state index in [2.05, 4.69) is 39.8 Å². The molecule has 0 saturated carbocycles. The van der Waals surface area contributed by atoms with Gasteiger partial charge >= 0.3 is 0 Å². The number of hydrazone groups is 1. The summed E-state index contributed by atoms with van der Waals surface area (Å²) in [6.45, 7) is 8.01. The van der Waals surface area contributed by atoms with E-state index < -0.39 is 6.23 Å². The molecular formula is C27H28BrN3O3. The molecule has 4 rings (SSSR count). The minimum absolute atomic E-state index is 0.214. The summed E-state index contributed by atoms with van der Waals surface area (Å²) in [5.74, 6) is 0.825. The highest BCUT2D eigenvalue weighted by Gasteiger charge is 2.35. The van der Waals surface area contributed by atoms with Gasteiger partial charge in [0.25, 0.3) is 0 Å². The first-order valence-corrected chi connectivity index (χ1v) is 12.2. The number of hydrogen-bond donors (Lipinski definition) is 0. The molecule has 1 atom stereocenters. The molecule has 0 fully saturated rings. The number of rotatable bonds is 8. The number of ether oxygens (including phenoxy) is 2. The SMILES string of the molecule is CCN(CC)c1ccc(C2=NN(C(C)=O)[C@@H](c3cc(Br)ccc3OCc3ccccc3)O2)cc1. The summed E-state index contributed by atoms with van der Waals surface area (Å²) in [6, 6.07) is 23.7. The molecule has 0 aromatic heterocycles. The fourth-order valence-electron chi connectivity index (χ4n) is 3.87. The summed E-state index contributed by atoms with van der Waals surface area (Å²) in [4.78, 5) is 14.8. The van der Waals surface area contributed by atoms with Gasteiger partial charge in [0, 0.05) is 35.7 Å². The molecule has 0 aliphatic carbocycles. The van der Waals surface area contributed by atoms with Crippen LogP contribution in [-0.2, 0) is 16.1 Å². The highest BCUT2D eigenvalue weighted by molar-refractivity contribution is 9.10. The maximum atomic E-state index is 12.5. The van der Waals surface area contributed by atoms with Crippen LogP contribution < -0.4 is 9.64 Å². The third kappa shape index (κ3) is 5.25. The lowest BCUT2D eigenvalue weighted by atomic mass is 10.1. The quantitative estimate of drug-likeness (QED) is 0.358. The van der Waals surface area contributed by atoms with Crippen LogP contribution in [0.25, 0.3) is 0 Å². The van der Waals surface area contributed by atoms with Crippen LogP contribution in [0, 0.1) is 0 Å². The van der Waals surface area contributed by atoms with Gasteiger partial charge in [0.15, 0.2) is 0 Å². The van der Waals surface area contributed by atoms with Crippen LogP contribution in [0.15, 0.2) is 82.4 Å². The number of carbonyl (C=O) groups is 1. The highest BCUT2D eigenvalue weighted by atomic mass is 79.9. The molecule has 7 heteroatoms. The third-order valence-corrected chi connectivity index (χ3v) is 6.18. The maximum Gasteiger partial charge on any atom is 0.243 e. The molecule has 3 aromatic carbocycles. The summed E-state index contributed by atoms with van der Waals surface area (Å²) in [5, 5.41) is 5.88. The van der Waals surface area contributed by atoms with Crippen molar-refractivity contribution in [3.8, 4) is 5.75 Å². The van der Waals surface area contributed by atoms with Gasteiger partial charge in [-0.25, -0.2) is 0 Å². The lowest BCUT2D eigenvalue weighted by Gasteiger charge is -2.22. The van der Waals surface area contributed by atoms with Crippen molar-refractivity contribution in [1.29, 1.82) is 0 Å². The maximum absolute atomic E-state index is 12.5. The van der Waals surface area contributed by atoms with E-state index in [-0.39, 0.29) is 5.91 Å². The van der Waals surface area contributed by atoms with Crippen molar-refractivity contribution in [2.24, 2.45) is 5.10 Å². The molecule has 0 unspecified atom stereocenters. The molecule has 0 N–H and O–H groups in total. The van der Waals surface area contributed by atoms with Crippen molar-refractivity contribution in [1.82, 2.24) is 5.01 Å². The molecule has 0 bridgehead atoms. The Morgan fingerprint density at radius 3 is 2.41 bits per heavy atom. The van der Waals surface area contributed by atoms with Gasteiger partial charge in [-0.05, 0) is 61.9 Å². The van der Waals surface area contributed by atoms with Crippen LogP contribution in [0.4, 0.5) is 5.69 Å². The number of amides is 1. The molecule has 1 heterocycles. The van der Waals surface area contributed by atoms with E-state index in [0.29, 0.717) is 18.3 Å². The second kappa shape index (κ2) is 10.7. The van der Waals surface area contributed by atoms with Gasteiger partial charge in [0.1, 0.15) is 12.4 Å². The first-order valence-electron chi connectivity index (χ1n) is 11.4. The van der Waals surface area contributed by atoms with Crippen molar-refractivity contribution in [2.75, 3.05) is 18.0 Å². The van der Waals surface area contributed by atoms with Gasteiger partial charge in [-0.15, -0.1) is 5.10 Å². The van der Waals surface area contributed by atoms with Gasteiger partial charge in [0.2, 0.25) is 18.0 Å². The highest BCUT2D eigenvalue weighted by Crippen LogP contribution is 2.37.